The van der Waals surface area contributed by atoms with Crippen molar-refractivity contribution in [3.8, 4) is 0 Å². The quantitative estimate of drug-likeness (QED) is 0.868. The third-order valence-corrected chi connectivity index (χ3v) is 5.61. The van der Waals surface area contributed by atoms with Crippen LogP contribution in [0.2, 0.25) is 10.0 Å². The van der Waals surface area contributed by atoms with Gasteiger partial charge in [0.1, 0.15) is 4.90 Å². The molecule has 0 amide bonds. The Kier molecular flexibility index (Phi) is 4.27. The molecule has 0 aromatic heterocycles. The van der Waals surface area contributed by atoms with Gasteiger partial charge in [-0.25, -0.2) is 13.2 Å². The molecule has 2 N–H and O–H groups in total. The van der Waals surface area contributed by atoms with Gasteiger partial charge in [-0.1, -0.05) is 23.2 Å². The molecule has 1 aromatic carbocycles. The highest BCUT2D eigenvalue weighted by molar-refractivity contribution is 7.89. The zero-order chi connectivity index (χ0) is 15.1. The summed E-state index contributed by atoms with van der Waals surface area (Å²) in [5, 5.41) is 18.0. The van der Waals surface area contributed by atoms with Crippen LogP contribution in [0, 0.1) is 0 Å². The first kappa shape index (κ1) is 15.5. The van der Waals surface area contributed by atoms with E-state index in [1.54, 1.807) is 0 Å². The Balaban J connectivity index is 2.55. The van der Waals surface area contributed by atoms with E-state index >= 15 is 0 Å². The van der Waals surface area contributed by atoms with E-state index in [9.17, 15) is 18.3 Å². The van der Waals surface area contributed by atoms with E-state index in [-0.39, 0.29) is 33.6 Å². The van der Waals surface area contributed by atoms with Gasteiger partial charge in [0.25, 0.3) is 0 Å². The lowest BCUT2D eigenvalue weighted by atomic mass is 10.2. The Morgan fingerprint density at radius 2 is 2.00 bits per heavy atom. The predicted molar refractivity (Wildman–Crippen MR) is 72.8 cm³/mol. The maximum Gasteiger partial charge on any atom is 0.337 e. The molecule has 1 saturated heterocycles. The van der Waals surface area contributed by atoms with Gasteiger partial charge in [-0.2, -0.15) is 4.31 Å². The van der Waals surface area contributed by atoms with Crippen LogP contribution in [0.3, 0.4) is 0 Å². The van der Waals surface area contributed by atoms with Gasteiger partial charge in [-0.05, 0) is 18.6 Å². The van der Waals surface area contributed by atoms with Gasteiger partial charge in [0.15, 0.2) is 0 Å². The second-order valence-corrected chi connectivity index (χ2v) is 7.10. The van der Waals surface area contributed by atoms with Gasteiger partial charge in [-0.3, -0.25) is 0 Å². The number of aliphatic hydroxyl groups excluding tert-OH is 1. The SMILES string of the molecule is O=C(O)c1cc(Cl)cc(S(=O)(=O)N2CC[C@H](O)C2)c1Cl. The van der Waals surface area contributed by atoms with E-state index in [1.807, 2.05) is 0 Å². The van der Waals surface area contributed by atoms with Crippen molar-refractivity contribution in [1.29, 1.82) is 0 Å². The number of nitrogens with zero attached hydrogens (tertiary/aromatic N) is 1. The van der Waals surface area contributed by atoms with Crippen LogP contribution in [-0.4, -0.2) is 48.1 Å². The van der Waals surface area contributed by atoms with E-state index < -0.39 is 22.1 Å². The topological polar surface area (TPSA) is 94.9 Å². The second-order valence-electron chi connectivity index (χ2n) is 4.38. The molecule has 0 bridgehead atoms. The molecule has 2 rings (SSSR count). The maximum absolute atomic E-state index is 12.4. The summed E-state index contributed by atoms with van der Waals surface area (Å²) in [4.78, 5) is 10.7. The van der Waals surface area contributed by atoms with Crippen molar-refractivity contribution in [2.45, 2.75) is 17.4 Å². The van der Waals surface area contributed by atoms with E-state index in [0.29, 0.717) is 6.42 Å². The first-order valence-electron chi connectivity index (χ1n) is 5.64. The highest BCUT2D eigenvalue weighted by Crippen LogP contribution is 2.32. The normalized spacial score (nSPS) is 20.2. The molecule has 20 heavy (non-hydrogen) atoms. The molecule has 0 saturated carbocycles. The molecule has 1 aromatic rings. The van der Waals surface area contributed by atoms with Gasteiger partial charge >= 0.3 is 5.97 Å². The molecule has 9 heteroatoms. The standard InChI is InChI=1S/C11H11Cl2NO5S/c12-6-3-8(11(16)17)10(13)9(4-6)20(18,19)14-2-1-7(15)5-14/h3-4,7,15H,1-2,5H2,(H,16,17)/t7-/m0/s1. The fraction of sp³-hybridized carbons (Fsp3) is 0.364. The minimum atomic E-state index is -3.99. The summed E-state index contributed by atoms with van der Waals surface area (Å²) < 4.78 is 25.9. The molecule has 1 aliphatic heterocycles. The minimum absolute atomic E-state index is 0.0369. The summed E-state index contributed by atoms with van der Waals surface area (Å²) in [5.41, 5.74) is -0.377. The first-order valence-corrected chi connectivity index (χ1v) is 7.83. The molecule has 1 fully saturated rings. The monoisotopic (exact) mass is 339 g/mol. The van der Waals surface area contributed by atoms with Gasteiger partial charge in [-0.15, -0.1) is 0 Å². The van der Waals surface area contributed by atoms with Crippen LogP contribution < -0.4 is 0 Å². The lowest BCUT2D eigenvalue weighted by molar-refractivity contribution is 0.0697. The number of carboxylic acid groups (broad SMARTS) is 1. The number of hydrogen-bond acceptors (Lipinski definition) is 4. The fourth-order valence-corrected chi connectivity index (χ4v) is 4.35. The number of halogens is 2. The van der Waals surface area contributed by atoms with Crippen LogP contribution in [0.15, 0.2) is 17.0 Å². The van der Waals surface area contributed by atoms with Gasteiger partial charge < -0.3 is 10.2 Å². The van der Waals surface area contributed by atoms with Crippen LogP contribution in [0.1, 0.15) is 16.8 Å². The molecule has 1 atom stereocenters. The van der Waals surface area contributed by atoms with E-state index in [4.69, 9.17) is 28.3 Å². The first-order chi connectivity index (χ1) is 9.23. The molecule has 0 radical (unpaired) electrons. The minimum Gasteiger partial charge on any atom is -0.478 e. The summed E-state index contributed by atoms with van der Waals surface area (Å²) in [6.45, 7) is 0.0995. The molecule has 0 spiro atoms. The zero-order valence-corrected chi connectivity index (χ0v) is 12.4. The number of aliphatic hydroxyl groups is 1. The Labute approximate surface area is 125 Å². The highest BCUT2D eigenvalue weighted by atomic mass is 35.5. The summed E-state index contributed by atoms with van der Waals surface area (Å²) >= 11 is 11.6. The molecule has 1 aliphatic rings. The van der Waals surface area contributed by atoms with Crippen LogP contribution in [0.25, 0.3) is 0 Å². The van der Waals surface area contributed by atoms with Crippen LogP contribution in [-0.2, 0) is 10.0 Å². The third-order valence-electron chi connectivity index (χ3n) is 2.98. The fourth-order valence-electron chi connectivity index (χ4n) is 1.98. The number of hydrogen-bond donors (Lipinski definition) is 2. The molecular weight excluding hydrogens is 329 g/mol. The molecule has 6 nitrogen and oxygen atoms in total. The van der Waals surface area contributed by atoms with Crippen LogP contribution >= 0.6 is 23.2 Å². The van der Waals surface area contributed by atoms with Crippen molar-refractivity contribution in [1.82, 2.24) is 4.31 Å². The number of carbonyl (C=O) groups is 1. The second kappa shape index (κ2) is 5.50. The number of carboxylic acids is 1. The summed E-state index contributed by atoms with van der Waals surface area (Å²) in [6.07, 6.45) is -0.412. The zero-order valence-electron chi connectivity index (χ0n) is 10.1. The van der Waals surface area contributed by atoms with Gasteiger partial charge in [0.05, 0.1) is 16.7 Å². The van der Waals surface area contributed by atoms with Crippen LogP contribution in [0.4, 0.5) is 0 Å². The Morgan fingerprint density at radius 1 is 1.35 bits per heavy atom. The smallest absolute Gasteiger partial charge is 0.337 e. The van der Waals surface area contributed by atoms with Crippen molar-refractivity contribution >= 4 is 39.2 Å². The largest absolute Gasteiger partial charge is 0.478 e. The number of rotatable bonds is 3. The van der Waals surface area contributed by atoms with Gasteiger partial charge in [0.2, 0.25) is 10.0 Å². The van der Waals surface area contributed by atoms with Gasteiger partial charge in [0, 0.05) is 18.1 Å². The summed E-state index contributed by atoms with van der Waals surface area (Å²) in [7, 11) is -3.99. The summed E-state index contributed by atoms with van der Waals surface area (Å²) in [6, 6.07) is 2.19. The highest BCUT2D eigenvalue weighted by Gasteiger charge is 2.34. The Hall–Kier alpha value is -0.860. The maximum atomic E-state index is 12.4. The van der Waals surface area contributed by atoms with E-state index in [2.05, 4.69) is 0 Å². The number of β-amino-alcohol motifs (C(OH)–C–C–N with tert-alkyl or cyclic N) is 1. The van der Waals surface area contributed by atoms with E-state index in [0.717, 1.165) is 16.4 Å². The Bertz CT molecular complexity index is 661. The predicted octanol–water partition coefficient (Wildman–Crippen LogP) is 1.45. The van der Waals surface area contributed by atoms with Crippen LogP contribution in [0.5, 0.6) is 0 Å². The average molecular weight is 340 g/mol. The van der Waals surface area contributed by atoms with Crippen molar-refractivity contribution in [3.63, 3.8) is 0 Å². The molecule has 0 unspecified atom stereocenters. The number of benzene rings is 1. The third kappa shape index (κ3) is 2.77. The Morgan fingerprint density at radius 3 is 2.50 bits per heavy atom. The molecular formula is C11H11Cl2NO5S. The number of aromatic carboxylic acids is 1. The van der Waals surface area contributed by atoms with Crippen molar-refractivity contribution in [2.75, 3.05) is 13.1 Å². The van der Waals surface area contributed by atoms with E-state index in [1.165, 1.54) is 0 Å². The van der Waals surface area contributed by atoms with Crippen molar-refractivity contribution in [2.24, 2.45) is 0 Å². The lowest BCUT2D eigenvalue weighted by Crippen LogP contribution is -2.30. The van der Waals surface area contributed by atoms with Crippen molar-refractivity contribution in [3.05, 3.63) is 27.7 Å². The molecule has 0 aliphatic carbocycles. The van der Waals surface area contributed by atoms with Crippen molar-refractivity contribution < 1.29 is 23.4 Å². The molecule has 110 valence electrons. The number of sulfonamides is 1. The molecule has 1 heterocycles. The summed E-state index contributed by atoms with van der Waals surface area (Å²) in [5.74, 6) is -1.37. The average Bonchev–Trinajstić information content (AvgIpc) is 2.78. The lowest BCUT2D eigenvalue weighted by Gasteiger charge is -2.17.